The summed E-state index contributed by atoms with van der Waals surface area (Å²) < 4.78 is 36.2. The van der Waals surface area contributed by atoms with Crippen LogP contribution >= 0.6 is 11.6 Å². The number of aromatic nitrogens is 3. The van der Waals surface area contributed by atoms with Gasteiger partial charge in [-0.1, -0.05) is 11.6 Å². The van der Waals surface area contributed by atoms with Gasteiger partial charge in [0.25, 0.3) is 0 Å². The highest BCUT2D eigenvalue weighted by Crippen LogP contribution is 2.32. The molecule has 5 nitrogen and oxygen atoms in total. The summed E-state index contributed by atoms with van der Waals surface area (Å²) in [7, 11) is -3.33. The Balaban J connectivity index is 2.06. The first-order valence-electron chi connectivity index (χ1n) is 6.94. The molecule has 2 aromatic heterocycles. The molecule has 1 N–H and O–H groups in total. The van der Waals surface area contributed by atoms with E-state index in [-0.39, 0.29) is 9.92 Å². The van der Waals surface area contributed by atoms with Gasteiger partial charge in [0.2, 0.25) is 0 Å². The molecule has 0 aliphatic heterocycles. The van der Waals surface area contributed by atoms with Crippen LogP contribution in [0.3, 0.4) is 0 Å². The van der Waals surface area contributed by atoms with E-state index in [9.17, 15) is 12.8 Å². The van der Waals surface area contributed by atoms with Crippen LogP contribution in [0.4, 0.5) is 4.39 Å². The number of nitrogens with one attached hydrogen (secondary N) is 1. The number of hydrogen-bond donors (Lipinski definition) is 1. The first-order valence-corrected chi connectivity index (χ1v) is 9.21. The predicted molar refractivity (Wildman–Crippen MR) is 90.1 cm³/mol. The summed E-state index contributed by atoms with van der Waals surface area (Å²) in [6.07, 6.45) is 2.23. The highest BCUT2D eigenvalue weighted by atomic mass is 35.5. The second kappa shape index (κ2) is 5.99. The van der Waals surface area contributed by atoms with Gasteiger partial charge in [0.15, 0.2) is 15.7 Å². The fraction of sp³-hybridized carbons (Fsp3) is 0.125. The molecular formula is C16H13ClFN3O2S. The van der Waals surface area contributed by atoms with E-state index < -0.39 is 15.7 Å². The molecule has 1 aromatic carbocycles. The number of H-pyrrole nitrogens is 1. The van der Waals surface area contributed by atoms with E-state index >= 15 is 0 Å². The second-order valence-electron chi connectivity index (χ2n) is 5.33. The quantitative estimate of drug-likeness (QED) is 0.768. The van der Waals surface area contributed by atoms with Crippen molar-refractivity contribution in [3.63, 3.8) is 0 Å². The summed E-state index contributed by atoms with van der Waals surface area (Å²) in [5.74, 6) is 0.0485. The summed E-state index contributed by atoms with van der Waals surface area (Å²) in [5, 5.41) is 0.283. The van der Waals surface area contributed by atoms with Crippen LogP contribution in [0.5, 0.6) is 0 Å². The van der Waals surface area contributed by atoms with Crippen LogP contribution in [0.2, 0.25) is 5.02 Å². The van der Waals surface area contributed by atoms with Crippen molar-refractivity contribution in [1.82, 2.24) is 15.0 Å². The number of pyridine rings is 1. The van der Waals surface area contributed by atoms with Gasteiger partial charge in [-0.25, -0.2) is 22.8 Å². The van der Waals surface area contributed by atoms with Gasteiger partial charge in [-0.3, -0.25) is 0 Å². The Morgan fingerprint density at radius 2 is 1.96 bits per heavy atom. The van der Waals surface area contributed by atoms with Crippen molar-refractivity contribution in [3.8, 4) is 22.8 Å². The Kier molecular flexibility index (Phi) is 4.15. The van der Waals surface area contributed by atoms with Crippen LogP contribution in [-0.2, 0) is 9.84 Å². The maximum atomic E-state index is 13.0. The molecule has 0 aliphatic rings. The Bertz CT molecular complexity index is 1010. The van der Waals surface area contributed by atoms with E-state index in [1.165, 1.54) is 24.3 Å². The van der Waals surface area contributed by atoms with Gasteiger partial charge in [0.1, 0.15) is 11.5 Å². The van der Waals surface area contributed by atoms with Crippen LogP contribution < -0.4 is 0 Å². The van der Waals surface area contributed by atoms with Crippen molar-refractivity contribution in [2.24, 2.45) is 0 Å². The largest absolute Gasteiger partial charge is 0.340 e. The highest BCUT2D eigenvalue weighted by Gasteiger charge is 2.16. The van der Waals surface area contributed by atoms with Crippen molar-refractivity contribution in [1.29, 1.82) is 0 Å². The number of nitrogens with zero attached hydrogens (tertiary/aromatic N) is 2. The lowest BCUT2D eigenvalue weighted by Gasteiger charge is -2.05. The van der Waals surface area contributed by atoms with Crippen molar-refractivity contribution in [2.75, 3.05) is 6.26 Å². The topological polar surface area (TPSA) is 75.7 Å². The molecule has 0 radical (unpaired) electrons. The molecule has 3 aromatic rings. The smallest absolute Gasteiger partial charge is 0.175 e. The molecule has 24 heavy (non-hydrogen) atoms. The minimum atomic E-state index is -3.33. The lowest BCUT2D eigenvalue weighted by Crippen LogP contribution is -1.97. The number of hydrogen-bond acceptors (Lipinski definition) is 4. The summed E-state index contributed by atoms with van der Waals surface area (Å²) in [4.78, 5) is 11.7. The average molecular weight is 366 g/mol. The number of benzene rings is 1. The number of rotatable bonds is 3. The standard InChI is InChI=1S/C16H13ClFN3O2S/c1-9-15(12-5-4-11(7-13(12)17)24(2,22)23)21-16(20-9)14-6-3-10(18)8-19-14/h3-8H,1-2H3,(H,20,21). The van der Waals surface area contributed by atoms with E-state index in [0.29, 0.717) is 22.8 Å². The zero-order chi connectivity index (χ0) is 17.5. The fourth-order valence-electron chi connectivity index (χ4n) is 2.28. The first kappa shape index (κ1) is 16.6. The minimum absolute atomic E-state index is 0.143. The molecular weight excluding hydrogens is 353 g/mol. The molecule has 124 valence electrons. The van der Waals surface area contributed by atoms with Gasteiger partial charge in [0, 0.05) is 17.5 Å². The molecule has 0 bridgehead atoms. The monoisotopic (exact) mass is 365 g/mol. The third-order valence-corrected chi connectivity index (χ3v) is 4.90. The van der Waals surface area contributed by atoms with Crippen LogP contribution in [0.15, 0.2) is 41.4 Å². The van der Waals surface area contributed by atoms with Crippen LogP contribution in [-0.4, -0.2) is 29.6 Å². The van der Waals surface area contributed by atoms with Gasteiger partial charge in [0.05, 0.1) is 21.8 Å². The molecule has 0 saturated carbocycles. The summed E-state index contributed by atoms with van der Waals surface area (Å²) in [6.45, 7) is 1.82. The molecule has 0 saturated heterocycles. The Morgan fingerprint density at radius 3 is 2.54 bits per heavy atom. The number of halogens is 2. The minimum Gasteiger partial charge on any atom is -0.340 e. The van der Waals surface area contributed by atoms with E-state index in [4.69, 9.17) is 11.6 Å². The molecule has 8 heteroatoms. The molecule has 0 aliphatic carbocycles. The number of sulfone groups is 1. The SMILES string of the molecule is Cc1[nH]c(-c2ccc(F)cn2)nc1-c1ccc(S(C)(=O)=O)cc1Cl. The molecule has 0 unspecified atom stereocenters. The van der Waals surface area contributed by atoms with Gasteiger partial charge < -0.3 is 4.98 Å². The number of imidazole rings is 1. The zero-order valence-corrected chi connectivity index (χ0v) is 14.4. The zero-order valence-electron chi connectivity index (χ0n) is 12.8. The lowest BCUT2D eigenvalue weighted by molar-refractivity contribution is 0.602. The van der Waals surface area contributed by atoms with E-state index in [2.05, 4.69) is 15.0 Å². The Morgan fingerprint density at radius 1 is 1.21 bits per heavy atom. The van der Waals surface area contributed by atoms with Crippen LogP contribution in [0.25, 0.3) is 22.8 Å². The molecule has 0 atom stereocenters. The maximum Gasteiger partial charge on any atom is 0.175 e. The summed E-state index contributed by atoms with van der Waals surface area (Å²) in [5.41, 5.74) is 2.42. The molecule has 0 fully saturated rings. The van der Waals surface area contributed by atoms with Gasteiger partial charge in [-0.05, 0) is 37.3 Å². The van der Waals surface area contributed by atoms with E-state index in [1.54, 1.807) is 6.07 Å². The maximum absolute atomic E-state index is 13.0. The summed E-state index contributed by atoms with van der Waals surface area (Å²) >= 11 is 6.23. The van der Waals surface area contributed by atoms with Crippen LogP contribution in [0, 0.1) is 12.7 Å². The van der Waals surface area contributed by atoms with Gasteiger partial charge >= 0.3 is 0 Å². The highest BCUT2D eigenvalue weighted by molar-refractivity contribution is 7.90. The lowest BCUT2D eigenvalue weighted by atomic mass is 10.1. The van der Waals surface area contributed by atoms with Crippen molar-refractivity contribution < 1.29 is 12.8 Å². The second-order valence-corrected chi connectivity index (χ2v) is 7.76. The van der Waals surface area contributed by atoms with Gasteiger partial charge in [-0.15, -0.1) is 0 Å². The van der Waals surface area contributed by atoms with E-state index in [1.807, 2.05) is 6.92 Å². The van der Waals surface area contributed by atoms with Crippen molar-refractivity contribution >= 4 is 21.4 Å². The Hall–Kier alpha value is -2.25. The van der Waals surface area contributed by atoms with Crippen molar-refractivity contribution in [2.45, 2.75) is 11.8 Å². The average Bonchev–Trinajstić information content (AvgIpc) is 2.89. The van der Waals surface area contributed by atoms with Gasteiger partial charge in [-0.2, -0.15) is 0 Å². The fourth-order valence-corrected chi connectivity index (χ4v) is 3.26. The summed E-state index contributed by atoms with van der Waals surface area (Å²) in [6, 6.07) is 7.32. The molecule has 2 heterocycles. The number of aromatic amines is 1. The van der Waals surface area contributed by atoms with Crippen LogP contribution in [0.1, 0.15) is 5.69 Å². The van der Waals surface area contributed by atoms with Crippen molar-refractivity contribution in [3.05, 3.63) is 53.1 Å². The third-order valence-electron chi connectivity index (χ3n) is 3.48. The predicted octanol–water partition coefficient (Wildman–Crippen LogP) is 3.64. The normalized spacial score (nSPS) is 11.7. The molecule has 0 spiro atoms. The number of aryl methyl sites for hydroxylation is 1. The van der Waals surface area contributed by atoms with E-state index in [0.717, 1.165) is 18.1 Å². The Labute approximate surface area is 143 Å². The first-order chi connectivity index (χ1) is 11.3. The molecule has 0 amide bonds. The third kappa shape index (κ3) is 3.18. The molecule has 3 rings (SSSR count).